The van der Waals surface area contributed by atoms with Crippen LogP contribution in [0.2, 0.25) is 0 Å². The minimum atomic E-state index is -0.831. The summed E-state index contributed by atoms with van der Waals surface area (Å²) in [4.78, 5) is 22.9. The number of amides is 1. The number of carbonyl (C=O) groups excluding carboxylic acids is 1. The second-order valence-corrected chi connectivity index (χ2v) is 5.54. The van der Waals surface area contributed by atoms with Crippen LogP contribution < -0.4 is 14.8 Å². The smallest absolute Gasteiger partial charge is 0.311 e. The lowest BCUT2D eigenvalue weighted by Crippen LogP contribution is -2.34. The molecule has 6 heteroatoms. The molecule has 0 radical (unpaired) electrons. The van der Waals surface area contributed by atoms with Gasteiger partial charge in [0, 0.05) is 13.0 Å². The van der Waals surface area contributed by atoms with Crippen LogP contribution in [-0.2, 0) is 16.0 Å². The molecule has 1 fully saturated rings. The standard InChI is InChI=1S/C16H21NO5/c1-21-12-4-5-13(22-2)11(9-12)3-6-14(18)17-10-16(7-8-16)15(19)20/h4-5,9H,3,6-8,10H2,1-2H3,(H,17,18)(H,19,20). The Morgan fingerprint density at radius 3 is 2.55 bits per heavy atom. The summed E-state index contributed by atoms with van der Waals surface area (Å²) >= 11 is 0. The first-order chi connectivity index (χ1) is 10.5. The van der Waals surface area contributed by atoms with E-state index in [0.29, 0.717) is 30.8 Å². The fraction of sp³-hybridized carbons (Fsp3) is 0.500. The second kappa shape index (κ2) is 6.68. The molecule has 0 aromatic heterocycles. The Morgan fingerprint density at radius 2 is 2.00 bits per heavy atom. The van der Waals surface area contributed by atoms with Crippen LogP contribution in [0.3, 0.4) is 0 Å². The quantitative estimate of drug-likeness (QED) is 0.762. The highest BCUT2D eigenvalue weighted by Gasteiger charge is 2.50. The number of carboxylic acids is 1. The molecule has 0 atom stereocenters. The third-order valence-electron chi connectivity index (χ3n) is 4.04. The van der Waals surface area contributed by atoms with E-state index in [-0.39, 0.29) is 18.9 Å². The lowest BCUT2D eigenvalue weighted by Gasteiger charge is -2.12. The molecule has 0 heterocycles. The Labute approximate surface area is 129 Å². The normalized spacial score (nSPS) is 15.0. The van der Waals surface area contributed by atoms with Crippen LogP contribution in [0.1, 0.15) is 24.8 Å². The number of aliphatic carboxylic acids is 1. The van der Waals surface area contributed by atoms with Gasteiger partial charge in [0.05, 0.1) is 19.6 Å². The summed E-state index contributed by atoms with van der Waals surface area (Å²) in [6.45, 7) is 0.205. The molecule has 1 aliphatic carbocycles. The molecule has 1 aliphatic rings. The molecule has 0 spiro atoms. The van der Waals surface area contributed by atoms with Crippen molar-refractivity contribution in [3.8, 4) is 11.5 Å². The average molecular weight is 307 g/mol. The first kappa shape index (κ1) is 16.1. The van der Waals surface area contributed by atoms with Gasteiger partial charge in [0.2, 0.25) is 5.91 Å². The van der Waals surface area contributed by atoms with Crippen molar-refractivity contribution in [2.45, 2.75) is 25.7 Å². The molecule has 1 aromatic rings. The van der Waals surface area contributed by atoms with E-state index >= 15 is 0 Å². The number of aryl methyl sites for hydroxylation is 1. The number of ether oxygens (including phenoxy) is 2. The van der Waals surface area contributed by atoms with Crippen LogP contribution in [-0.4, -0.2) is 37.7 Å². The van der Waals surface area contributed by atoms with E-state index in [4.69, 9.17) is 14.6 Å². The number of carboxylic acid groups (broad SMARTS) is 1. The highest BCUT2D eigenvalue weighted by atomic mass is 16.5. The summed E-state index contributed by atoms with van der Waals surface area (Å²) in [6.07, 6.45) is 2.05. The van der Waals surface area contributed by atoms with Crippen molar-refractivity contribution in [1.82, 2.24) is 5.32 Å². The minimum Gasteiger partial charge on any atom is -0.497 e. The zero-order chi connectivity index (χ0) is 16.2. The van der Waals surface area contributed by atoms with Gasteiger partial charge in [-0.3, -0.25) is 9.59 Å². The SMILES string of the molecule is COc1ccc(OC)c(CCC(=O)NCC2(C(=O)O)CC2)c1. The van der Waals surface area contributed by atoms with Crippen molar-refractivity contribution in [3.05, 3.63) is 23.8 Å². The van der Waals surface area contributed by atoms with Crippen molar-refractivity contribution >= 4 is 11.9 Å². The summed E-state index contributed by atoms with van der Waals surface area (Å²) < 4.78 is 10.4. The third kappa shape index (κ3) is 3.69. The molecule has 6 nitrogen and oxygen atoms in total. The zero-order valence-electron chi connectivity index (χ0n) is 12.8. The van der Waals surface area contributed by atoms with E-state index in [1.54, 1.807) is 26.4 Å². The number of hydrogen-bond donors (Lipinski definition) is 2. The van der Waals surface area contributed by atoms with Crippen molar-refractivity contribution in [2.24, 2.45) is 5.41 Å². The molecule has 0 bridgehead atoms. The fourth-order valence-corrected chi connectivity index (χ4v) is 2.30. The van der Waals surface area contributed by atoms with E-state index in [1.807, 2.05) is 6.07 Å². The molecule has 0 unspecified atom stereocenters. The lowest BCUT2D eigenvalue weighted by molar-refractivity contribution is -0.143. The predicted octanol–water partition coefficient (Wildman–Crippen LogP) is 1.62. The van der Waals surface area contributed by atoms with E-state index in [2.05, 4.69) is 5.32 Å². The largest absolute Gasteiger partial charge is 0.497 e. The number of hydrogen-bond acceptors (Lipinski definition) is 4. The highest BCUT2D eigenvalue weighted by Crippen LogP contribution is 2.45. The minimum absolute atomic E-state index is 0.155. The summed E-state index contributed by atoms with van der Waals surface area (Å²) in [5.74, 6) is 0.427. The van der Waals surface area contributed by atoms with Gasteiger partial charge in [-0.15, -0.1) is 0 Å². The summed E-state index contributed by atoms with van der Waals surface area (Å²) in [7, 11) is 3.16. The van der Waals surface area contributed by atoms with Crippen molar-refractivity contribution in [1.29, 1.82) is 0 Å². The Kier molecular flexibility index (Phi) is 4.90. The molecule has 0 saturated heterocycles. The Bertz CT molecular complexity index is 566. The highest BCUT2D eigenvalue weighted by molar-refractivity contribution is 5.81. The maximum absolute atomic E-state index is 11.9. The van der Waals surface area contributed by atoms with Gasteiger partial charge in [-0.25, -0.2) is 0 Å². The fourth-order valence-electron chi connectivity index (χ4n) is 2.30. The molecule has 2 rings (SSSR count). The molecule has 2 N–H and O–H groups in total. The summed E-state index contributed by atoms with van der Waals surface area (Å²) in [5, 5.41) is 11.8. The maximum atomic E-state index is 11.9. The van der Waals surface area contributed by atoms with Gasteiger partial charge in [-0.1, -0.05) is 0 Å². The predicted molar refractivity (Wildman–Crippen MR) is 80.2 cm³/mol. The van der Waals surface area contributed by atoms with Gasteiger partial charge in [0.15, 0.2) is 0 Å². The van der Waals surface area contributed by atoms with Crippen LogP contribution in [0.4, 0.5) is 0 Å². The third-order valence-corrected chi connectivity index (χ3v) is 4.04. The molecule has 0 aliphatic heterocycles. The number of rotatable bonds is 8. The number of methoxy groups -OCH3 is 2. The van der Waals surface area contributed by atoms with Crippen molar-refractivity contribution < 1.29 is 24.2 Å². The maximum Gasteiger partial charge on any atom is 0.311 e. The number of nitrogens with one attached hydrogen (secondary N) is 1. The van der Waals surface area contributed by atoms with Gasteiger partial charge in [-0.05, 0) is 43.0 Å². The first-order valence-corrected chi connectivity index (χ1v) is 7.22. The molecule has 1 amide bonds. The number of benzene rings is 1. The summed E-state index contributed by atoms with van der Waals surface area (Å²) in [5.41, 5.74) is 0.153. The molecule has 120 valence electrons. The second-order valence-electron chi connectivity index (χ2n) is 5.54. The van der Waals surface area contributed by atoms with Crippen LogP contribution in [0.15, 0.2) is 18.2 Å². The molecular formula is C16H21NO5. The average Bonchev–Trinajstić information content (AvgIpc) is 3.32. The van der Waals surface area contributed by atoms with E-state index in [1.165, 1.54) is 0 Å². The van der Waals surface area contributed by atoms with E-state index in [0.717, 1.165) is 5.56 Å². The summed E-state index contributed by atoms with van der Waals surface area (Å²) in [6, 6.07) is 5.44. The van der Waals surface area contributed by atoms with Crippen molar-refractivity contribution in [3.63, 3.8) is 0 Å². The first-order valence-electron chi connectivity index (χ1n) is 7.22. The van der Waals surface area contributed by atoms with Crippen LogP contribution in [0, 0.1) is 5.41 Å². The Hall–Kier alpha value is -2.24. The number of carbonyl (C=O) groups is 2. The molecule has 1 aromatic carbocycles. The van der Waals surface area contributed by atoms with E-state index < -0.39 is 11.4 Å². The molecule has 1 saturated carbocycles. The lowest BCUT2D eigenvalue weighted by atomic mass is 10.1. The van der Waals surface area contributed by atoms with Crippen LogP contribution in [0.25, 0.3) is 0 Å². The Morgan fingerprint density at radius 1 is 1.27 bits per heavy atom. The molecule has 22 heavy (non-hydrogen) atoms. The monoisotopic (exact) mass is 307 g/mol. The van der Waals surface area contributed by atoms with Gasteiger partial charge in [0.25, 0.3) is 0 Å². The van der Waals surface area contributed by atoms with Gasteiger partial charge in [0.1, 0.15) is 11.5 Å². The van der Waals surface area contributed by atoms with Crippen molar-refractivity contribution in [2.75, 3.05) is 20.8 Å². The van der Waals surface area contributed by atoms with E-state index in [9.17, 15) is 9.59 Å². The molecular weight excluding hydrogens is 286 g/mol. The van der Waals surface area contributed by atoms with Gasteiger partial charge >= 0.3 is 5.97 Å². The van der Waals surface area contributed by atoms with Crippen LogP contribution in [0.5, 0.6) is 11.5 Å². The Balaban J connectivity index is 1.87. The van der Waals surface area contributed by atoms with Gasteiger partial charge < -0.3 is 19.9 Å². The zero-order valence-corrected chi connectivity index (χ0v) is 12.8. The topological polar surface area (TPSA) is 84.9 Å². The van der Waals surface area contributed by atoms with Gasteiger partial charge in [-0.2, -0.15) is 0 Å². The van der Waals surface area contributed by atoms with Crippen LogP contribution >= 0.6 is 0 Å².